The summed E-state index contributed by atoms with van der Waals surface area (Å²) in [4.78, 5) is 39.6. The van der Waals surface area contributed by atoms with Gasteiger partial charge in [0.25, 0.3) is 0 Å². The zero-order valence-electron chi connectivity index (χ0n) is 18.8. The Balaban J connectivity index is 1.32. The lowest BCUT2D eigenvalue weighted by molar-refractivity contribution is -0.146. The van der Waals surface area contributed by atoms with Crippen LogP contribution in [0.3, 0.4) is 0 Å². The number of aliphatic carboxylic acids is 1. The topological polar surface area (TPSA) is 108 Å². The molecule has 0 radical (unpaired) electrons. The summed E-state index contributed by atoms with van der Waals surface area (Å²) in [5.41, 5.74) is 1.61. The van der Waals surface area contributed by atoms with Crippen LogP contribution in [0.15, 0.2) is 84.9 Å². The average molecular weight is 472 g/mol. The number of carbonyl (C=O) groups is 3. The standard InChI is InChI=1S/C27H25N3O5/c31-25-21-22(26(32)30(25)16-15-28-18-7-3-1-4-8-18)24(27(33)34)29-23(21)17-11-13-20(14-12-17)35-19-9-5-2-6-10-19/h1-14,21-24,28-29H,15-16H2,(H,33,34). The lowest BCUT2D eigenvalue weighted by Gasteiger charge is -2.22. The van der Waals surface area contributed by atoms with Gasteiger partial charge in [-0.1, -0.05) is 48.5 Å². The summed E-state index contributed by atoms with van der Waals surface area (Å²) < 4.78 is 5.83. The lowest BCUT2D eigenvalue weighted by atomic mass is 9.86. The average Bonchev–Trinajstić information content (AvgIpc) is 3.39. The molecule has 3 aromatic carbocycles. The summed E-state index contributed by atoms with van der Waals surface area (Å²) in [6.45, 7) is 0.546. The van der Waals surface area contributed by atoms with Gasteiger partial charge in [-0.25, -0.2) is 0 Å². The number of anilines is 1. The van der Waals surface area contributed by atoms with Crippen molar-refractivity contribution in [3.05, 3.63) is 90.5 Å². The molecule has 2 heterocycles. The Hall–Kier alpha value is -4.17. The number of carboxylic acids is 1. The highest BCUT2D eigenvalue weighted by Gasteiger charge is 2.60. The van der Waals surface area contributed by atoms with Crippen LogP contribution in [0.5, 0.6) is 11.5 Å². The van der Waals surface area contributed by atoms with Gasteiger partial charge in [-0.05, 0) is 42.0 Å². The summed E-state index contributed by atoms with van der Waals surface area (Å²) in [5, 5.41) is 16.0. The molecule has 2 fully saturated rings. The second kappa shape index (κ2) is 9.60. The fraction of sp³-hybridized carbons (Fsp3) is 0.222. The molecule has 2 aliphatic heterocycles. The van der Waals surface area contributed by atoms with Crippen LogP contribution >= 0.6 is 0 Å². The highest BCUT2D eigenvalue weighted by molar-refractivity contribution is 6.08. The minimum absolute atomic E-state index is 0.169. The smallest absolute Gasteiger partial charge is 0.321 e. The fourth-order valence-electron chi connectivity index (χ4n) is 4.86. The number of fused-ring (bicyclic) bond motifs is 1. The fourth-order valence-corrected chi connectivity index (χ4v) is 4.86. The van der Waals surface area contributed by atoms with Gasteiger partial charge in [0.15, 0.2) is 0 Å². The maximum Gasteiger partial charge on any atom is 0.321 e. The maximum atomic E-state index is 13.3. The van der Waals surface area contributed by atoms with Crippen molar-refractivity contribution >= 4 is 23.5 Å². The number of ether oxygens (including phenoxy) is 1. The van der Waals surface area contributed by atoms with Crippen molar-refractivity contribution in [3.63, 3.8) is 0 Å². The summed E-state index contributed by atoms with van der Waals surface area (Å²) in [7, 11) is 0. The Labute approximate surface area is 202 Å². The van der Waals surface area contributed by atoms with Crippen molar-refractivity contribution in [1.29, 1.82) is 0 Å². The third-order valence-corrected chi connectivity index (χ3v) is 6.49. The zero-order valence-corrected chi connectivity index (χ0v) is 18.8. The van der Waals surface area contributed by atoms with E-state index in [4.69, 9.17) is 4.74 Å². The van der Waals surface area contributed by atoms with E-state index in [0.29, 0.717) is 18.0 Å². The number of hydrogen-bond donors (Lipinski definition) is 3. The van der Waals surface area contributed by atoms with Crippen molar-refractivity contribution in [3.8, 4) is 11.5 Å². The van der Waals surface area contributed by atoms with Gasteiger partial charge in [-0.15, -0.1) is 0 Å². The molecule has 5 rings (SSSR count). The molecule has 178 valence electrons. The van der Waals surface area contributed by atoms with E-state index >= 15 is 0 Å². The number of likely N-dealkylation sites (tertiary alicyclic amines) is 1. The van der Waals surface area contributed by atoms with Crippen molar-refractivity contribution in [1.82, 2.24) is 10.2 Å². The van der Waals surface area contributed by atoms with Gasteiger partial charge < -0.3 is 15.2 Å². The van der Waals surface area contributed by atoms with E-state index < -0.39 is 35.8 Å². The van der Waals surface area contributed by atoms with Crippen LogP contribution in [-0.2, 0) is 14.4 Å². The van der Waals surface area contributed by atoms with Crippen LogP contribution in [0.2, 0.25) is 0 Å². The molecule has 35 heavy (non-hydrogen) atoms. The molecule has 4 atom stereocenters. The normalized spacial score (nSPS) is 23.3. The van der Waals surface area contributed by atoms with Crippen LogP contribution in [0.4, 0.5) is 5.69 Å². The maximum absolute atomic E-state index is 13.3. The molecule has 0 saturated carbocycles. The number of amides is 2. The van der Waals surface area contributed by atoms with Crippen molar-refractivity contribution in [2.75, 3.05) is 18.4 Å². The summed E-state index contributed by atoms with van der Waals surface area (Å²) in [6.07, 6.45) is 0. The van der Waals surface area contributed by atoms with Gasteiger partial charge >= 0.3 is 5.97 Å². The third-order valence-electron chi connectivity index (χ3n) is 6.49. The Kier molecular flexibility index (Phi) is 6.20. The molecule has 0 spiro atoms. The molecule has 3 N–H and O–H groups in total. The van der Waals surface area contributed by atoms with Gasteiger partial charge in [-0.2, -0.15) is 0 Å². The van der Waals surface area contributed by atoms with E-state index in [1.165, 1.54) is 4.90 Å². The SMILES string of the molecule is O=C(O)C1NC(c2ccc(Oc3ccccc3)cc2)C2C(=O)N(CCNc3ccccc3)C(=O)C12. The summed E-state index contributed by atoms with van der Waals surface area (Å²) >= 11 is 0. The first-order valence-corrected chi connectivity index (χ1v) is 11.5. The molecule has 3 aromatic rings. The van der Waals surface area contributed by atoms with E-state index in [-0.39, 0.29) is 12.5 Å². The monoisotopic (exact) mass is 471 g/mol. The largest absolute Gasteiger partial charge is 0.480 e. The van der Waals surface area contributed by atoms with Gasteiger partial charge in [0.1, 0.15) is 17.5 Å². The number of rotatable bonds is 8. The first-order valence-electron chi connectivity index (χ1n) is 11.5. The van der Waals surface area contributed by atoms with E-state index in [2.05, 4.69) is 10.6 Å². The molecule has 8 nitrogen and oxygen atoms in total. The minimum Gasteiger partial charge on any atom is -0.480 e. The predicted octanol–water partition coefficient (Wildman–Crippen LogP) is 3.29. The number of benzene rings is 3. The second-order valence-electron chi connectivity index (χ2n) is 8.62. The molecule has 2 saturated heterocycles. The molecule has 2 amide bonds. The van der Waals surface area contributed by atoms with Gasteiger partial charge in [-0.3, -0.25) is 24.6 Å². The molecule has 4 unspecified atom stereocenters. The van der Waals surface area contributed by atoms with Crippen molar-refractivity contribution < 1.29 is 24.2 Å². The van der Waals surface area contributed by atoms with Crippen molar-refractivity contribution in [2.45, 2.75) is 12.1 Å². The number of nitrogens with zero attached hydrogens (tertiary/aromatic N) is 1. The number of carbonyl (C=O) groups excluding carboxylic acids is 2. The summed E-state index contributed by atoms with van der Waals surface area (Å²) in [6, 6.07) is 24.3. The molecule has 2 aliphatic rings. The van der Waals surface area contributed by atoms with Crippen LogP contribution in [-0.4, -0.2) is 46.9 Å². The Bertz CT molecular complexity index is 1220. The Morgan fingerprint density at radius 2 is 1.46 bits per heavy atom. The van der Waals surface area contributed by atoms with Crippen molar-refractivity contribution in [2.24, 2.45) is 11.8 Å². The van der Waals surface area contributed by atoms with E-state index in [0.717, 1.165) is 11.3 Å². The first-order chi connectivity index (χ1) is 17.0. The van der Waals surface area contributed by atoms with Crippen LogP contribution in [0, 0.1) is 11.8 Å². The van der Waals surface area contributed by atoms with Gasteiger partial charge in [0.2, 0.25) is 11.8 Å². The van der Waals surface area contributed by atoms with Gasteiger partial charge in [0, 0.05) is 24.8 Å². The minimum atomic E-state index is -1.14. The van der Waals surface area contributed by atoms with Crippen LogP contribution in [0.25, 0.3) is 0 Å². The van der Waals surface area contributed by atoms with Crippen LogP contribution in [0.1, 0.15) is 11.6 Å². The predicted molar refractivity (Wildman–Crippen MR) is 129 cm³/mol. The highest BCUT2D eigenvalue weighted by atomic mass is 16.5. The molecule has 0 aliphatic carbocycles. The number of nitrogens with one attached hydrogen (secondary N) is 2. The highest BCUT2D eigenvalue weighted by Crippen LogP contribution is 2.44. The van der Waals surface area contributed by atoms with E-state index in [1.54, 1.807) is 24.3 Å². The molecule has 0 bridgehead atoms. The number of imide groups is 1. The Morgan fingerprint density at radius 1 is 0.857 bits per heavy atom. The number of carboxylic acid groups (broad SMARTS) is 1. The number of para-hydroxylation sites is 2. The molecule has 0 aromatic heterocycles. The first kappa shape index (κ1) is 22.6. The van der Waals surface area contributed by atoms with E-state index in [9.17, 15) is 19.5 Å². The lowest BCUT2D eigenvalue weighted by Crippen LogP contribution is -2.44. The second-order valence-corrected chi connectivity index (χ2v) is 8.62. The molecular formula is C27H25N3O5. The molecular weight excluding hydrogens is 446 g/mol. The third kappa shape index (κ3) is 4.48. The van der Waals surface area contributed by atoms with Gasteiger partial charge in [0.05, 0.1) is 11.8 Å². The number of hydrogen-bond acceptors (Lipinski definition) is 6. The zero-order chi connectivity index (χ0) is 24.4. The molecule has 8 heteroatoms. The quantitative estimate of drug-likeness (QED) is 0.433. The van der Waals surface area contributed by atoms with Crippen LogP contribution < -0.4 is 15.4 Å². The summed E-state index contributed by atoms with van der Waals surface area (Å²) in [5.74, 6) is -2.34. The Morgan fingerprint density at radius 3 is 2.11 bits per heavy atom. The van der Waals surface area contributed by atoms with E-state index in [1.807, 2.05) is 60.7 Å².